The Hall–Kier alpha value is -0.890. The second-order valence-electron chi connectivity index (χ2n) is 4.09. The molecular weight excluding hydrogens is 165 g/mol. The number of halogens is 1. The number of hydrogen-bond donors (Lipinski definition) is 1. The molecule has 1 rings (SSSR count). The summed E-state index contributed by atoms with van der Waals surface area (Å²) in [6.45, 7) is 7.51. The Bertz CT molecular complexity index is 324. The first-order valence-electron chi connectivity index (χ1n) is 4.39. The summed E-state index contributed by atoms with van der Waals surface area (Å²) in [6, 6.07) is 3.26. The molecule has 0 unspecified atom stereocenters. The van der Waals surface area contributed by atoms with E-state index in [0.717, 1.165) is 11.1 Å². The van der Waals surface area contributed by atoms with Crippen molar-refractivity contribution in [2.75, 3.05) is 0 Å². The predicted molar refractivity (Wildman–Crippen MR) is 53.1 cm³/mol. The van der Waals surface area contributed by atoms with Crippen LogP contribution in [0.25, 0.3) is 0 Å². The molecule has 0 radical (unpaired) electrons. The lowest BCUT2D eigenvalue weighted by Gasteiger charge is -2.24. The van der Waals surface area contributed by atoms with Crippen LogP contribution in [-0.2, 0) is 5.54 Å². The maximum atomic E-state index is 13.2. The highest BCUT2D eigenvalue weighted by Crippen LogP contribution is 2.26. The number of benzene rings is 1. The zero-order valence-corrected chi connectivity index (χ0v) is 8.61. The van der Waals surface area contributed by atoms with E-state index in [2.05, 4.69) is 0 Å². The maximum absolute atomic E-state index is 13.2. The van der Waals surface area contributed by atoms with Gasteiger partial charge in [0.05, 0.1) is 0 Å². The Kier molecular flexibility index (Phi) is 2.44. The molecule has 0 fully saturated rings. The zero-order chi connectivity index (χ0) is 10.2. The van der Waals surface area contributed by atoms with Gasteiger partial charge in [0.25, 0.3) is 0 Å². The summed E-state index contributed by atoms with van der Waals surface area (Å²) in [5.74, 6) is -0.181. The number of aryl methyl sites for hydroxylation is 1. The summed E-state index contributed by atoms with van der Waals surface area (Å²) in [4.78, 5) is 0. The third-order valence-corrected chi connectivity index (χ3v) is 2.25. The molecule has 0 aliphatic carbocycles. The van der Waals surface area contributed by atoms with Crippen molar-refractivity contribution in [3.05, 3.63) is 34.6 Å². The minimum absolute atomic E-state index is 0.181. The molecule has 72 valence electrons. The number of nitrogens with two attached hydrogens (primary N) is 1. The van der Waals surface area contributed by atoms with E-state index in [4.69, 9.17) is 5.73 Å². The van der Waals surface area contributed by atoms with Crippen LogP contribution in [0.3, 0.4) is 0 Å². The topological polar surface area (TPSA) is 26.0 Å². The fourth-order valence-electron chi connectivity index (χ4n) is 1.81. The van der Waals surface area contributed by atoms with E-state index in [-0.39, 0.29) is 5.82 Å². The first kappa shape index (κ1) is 10.2. The predicted octanol–water partition coefficient (Wildman–Crippen LogP) is 2.64. The summed E-state index contributed by atoms with van der Waals surface area (Å²) < 4.78 is 13.2. The zero-order valence-electron chi connectivity index (χ0n) is 8.61. The largest absolute Gasteiger partial charge is 0.322 e. The highest BCUT2D eigenvalue weighted by molar-refractivity contribution is 5.39. The van der Waals surface area contributed by atoms with E-state index in [9.17, 15) is 4.39 Å². The molecular formula is C11H16FN. The third-order valence-electron chi connectivity index (χ3n) is 2.25. The first-order valence-corrected chi connectivity index (χ1v) is 4.39. The average Bonchev–Trinajstić information content (AvgIpc) is 1.95. The van der Waals surface area contributed by atoms with Crippen molar-refractivity contribution in [2.24, 2.45) is 5.73 Å². The van der Waals surface area contributed by atoms with E-state index in [0.29, 0.717) is 5.56 Å². The van der Waals surface area contributed by atoms with Gasteiger partial charge >= 0.3 is 0 Å². The smallest absolute Gasteiger partial charge is 0.126 e. The lowest BCUT2D eigenvalue weighted by molar-refractivity contribution is 0.532. The molecule has 0 saturated heterocycles. The highest BCUT2D eigenvalue weighted by Gasteiger charge is 2.20. The van der Waals surface area contributed by atoms with Crippen molar-refractivity contribution >= 4 is 0 Å². The van der Waals surface area contributed by atoms with Gasteiger partial charge < -0.3 is 5.73 Å². The molecule has 0 aliphatic rings. The lowest BCUT2D eigenvalue weighted by Crippen LogP contribution is -2.31. The highest BCUT2D eigenvalue weighted by atomic mass is 19.1. The van der Waals surface area contributed by atoms with Crippen molar-refractivity contribution < 1.29 is 4.39 Å². The molecule has 0 amide bonds. The molecule has 0 aromatic heterocycles. The second-order valence-corrected chi connectivity index (χ2v) is 4.09. The van der Waals surface area contributed by atoms with Gasteiger partial charge in [0.15, 0.2) is 0 Å². The molecule has 2 heteroatoms. The summed E-state index contributed by atoms with van der Waals surface area (Å²) >= 11 is 0. The summed E-state index contributed by atoms with van der Waals surface area (Å²) in [5.41, 5.74) is 8.10. The van der Waals surface area contributed by atoms with Crippen LogP contribution in [-0.4, -0.2) is 0 Å². The van der Waals surface area contributed by atoms with E-state index in [1.807, 2.05) is 20.8 Å². The fraction of sp³-hybridized carbons (Fsp3) is 0.455. The molecule has 1 aromatic rings. The van der Waals surface area contributed by atoms with Crippen molar-refractivity contribution in [1.82, 2.24) is 0 Å². The van der Waals surface area contributed by atoms with Gasteiger partial charge in [-0.1, -0.05) is 6.07 Å². The van der Waals surface area contributed by atoms with E-state index in [1.165, 1.54) is 6.07 Å². The molecule has 0 spiro atoms. The van der Waals surface area contributed by atoms with Crippen LogP contribution in [0.4, 0.5) is 4.39 Å². The van der Waals surface area contributed by atoms with Gasteiger partial charge in [-0.2, -0.15) is 0 Å². The van der Waals surface area contributed by atoms with Gasteiger partial charge in [-0.3, -0.25) is 0 Å². The minimum Gasteiger partial charge on any atom is -0.322 e. The van der Waals surface area contributed by atoms with E-state index in [1.54, 1.807) is 13.0 Å². The summed E-state index contributed by atoms with van der Waals surface area (Å²) in [6.07, 6.45) is 0. The van der Waals surface area contributed by atoms with Gasteiger partial charge in [0.2, 0.25) is 0 Å². The average molecular weight is 181 g/mol. The summed E-state index contributed by atoms with van der Waals surface area (Å²) in [5, 5.41) is 0. The van der Waals surface area contributed by atoms with Crippen LogP contribution < -0.4 is 5.73 Å². The summed E-state index contributed by atoms with van der Waals surface area (Å²) in [7, 11) is 0. The van der Waals surface area contributed by atoms with Crippen LogP contribution in [0, 0.1) is 19.7 Å². The lowest BCUT2D eigenvalue weighted by atomic mass is 9.87. The molecule has 13 heavy (non-hydrogen) atoms. The fourth-order valence-corrected chi connectivity index (χ4v) is 1.81. The number of hydrogen-bond acceptors (Lipinski definition) is 1. The van der Waals surface area contributed by atoms with Crippen LogP contribution in [0.1, 0.15) is 30.5 Å². The Morgan fingerprint density at radius 1 is 1.23 bits per heavy atom. The monoisotopic (exact) mass is 181 g/mol. The van der Waals surface area contributed by atoms with Gasteiger partial charge in [-0.05, 0) is 50.5 Å². The van der Waals surface area contributed by atoms with E-state index >= 15 is 0 Å². The third kappa shape index (κ3) is 1.89. The Labute approximate surface area is 78.8 Å². The molecule has 1 nitrogen and oxygen atoms in total. The van der Waals surface area contributed by atoms with E-state index < -0.39 is 5.54 Å². The van der Waals surface area contributed by atoms with Crippen LogP contribution >= 0.6 is 0 Å². The van der Waals surface area contributed by atoms with Gasteiger partial charge in [-0.15, -0.1) is 0 Å². The second kappa shape index (κ2) is 3.11. The van der Waals surface area contributed by atoms with Crippen LogP contribution in [0.15, 0.2) is 12.1 Å². The number of rotatable bonds is 1. The minimum atomic E-state index is -0.476. The van der Waals surface area contributed by atoms with Gasteiger partial charge in [0, 0.05) is 5.54 Å². The molecule has 0 atom stereocenters. The van der Waals surface area contributed by atoms with Crippen molar-refractivity contribution in [3.63, 3.8) is 0 Å². The van der Waals surface area contributed by atoms with Crippen LogP contribution in [0.2, 0.25) is 0 Å². The molecule has 1 aromatic carbocycles. The van der Waals surface area contributed by atoms with Crippen molar-refractivity contribution in [3.8, 4) is 0 Å². The van der Waals surface area contributed by atoms with Gasteiger partial charge in [0.1, 0.15) is 5.82 Å². The molecule has 2 N–H and O–H groups in total. The van der Waals surface area contributed by atoms with Crippen LogP contribution in [0.5, 0.6) is 0 Å². The normalized spacial score (nSPS) is 11.8. The maximum Gasteiger partial charge on any atom is 0.126 e. The Morgan fingerprint density at radius 2 is 1.77 bits per heavy atom. The van der Waals surface area contributed by atoms with Crippen molar-refractivity contribution in [2.45, 2.75) is 33.2 Å². The van der Waals surface area contributed by atoms with Gasteiger partial charge in [-0.25, -0.2) is 4.39 Å². The Morgan fingerprint density at radius 3 is 2.15 bits per heavy atom. The molecule has 0 aliphatic heterocycles. The molecule has 0 bridgehead atoms. The standard InChI is InChI=1S/C11H16FN/c1-7-5-6-9(12)8(2)10(7)11(3,4)13/h5-6H,13H2,1-4H3. The Balaban J connectivity index is 3.43. The quantitative estimate of drug-likeness (QED) is 0.708. The van der Waals surface area contributed by atoms with Crippen molar-refractivity contribution in [1.29, 1.82) is 0 Å². The first-order chi connectivity index (χ1) is 5.84. The molecule has 0 saturated carbocycles. The SMILES string of the molecule is Cc1ccc(F)c(C)c1C(C)(C)N. The molecule has 0 heterocycles.